The highest BCUT2D eigenvalue weighted by molar-refractivity contribution is 5.80. The van der Waals surface area contributed by atoms with Gasteiger partial charge in [-0.25, -0.2) is 9.67 Å². The molecule has 0 amide bonds. The third kappa shape index (κ3) is 5.56. The fourth-order valence-corrected chi connectivity index (χ4v) is 3.26. The average molecular weight is 424 g/mol. The molecule has 2 heterocycles. The molecule has 2 N–H and O–H groups in total. The Labute approximate surface area is 173 Å². The van der Waals surface area contributed by atoms with Crippen LogP contribution in [-0.4, -0.2) is 54.6 Å². The van der Waals surface area contributed by atoms with Crippen molar-refractivity contribution in [3.8, 4) is 11.5 Å². The van der Waals surface area contributed by atoms with Gasteiger partial charge in [0.1, 0.15) is 12.4 Å². The molecule has 1 aromatic carbocycles. The molecule has 0 bridgehead atoms. The minimum Gasteiger partial charge on any atom is -0.493 e. The number of nitrogens with one attached hydrogen (secondary N) is 2. The van der Waals surface area contributed by atoms with Gasteiger partial charge in [0.05, 0.1) is 13.7 Å². The lowest BCUT2D eigenvalue weighted by Gasteiger charge is -2.25. The predicted molar refractivity (Wildman–Crippen MR) is 106 cm³/mol. The minimum absolute atomic E-state index is 0.00685. The number of rotatable bonds is 8. The van der Waals surface area contributed by atoms with Crippen molar-refractivity contribution in [2.45, 2.75) is 45.2 Å². The summed E-state index contributed by atoms with van der Waals surface area (Å²) in [6, 6.07) is 5.02. The molecule has 0 spiro atoms. The average Bonchev–Trinajstić information content (AvgIpc) is 3.12. The van der Waals surface area contributed by atoms with E-state index < -0.39 is 6.61 Å². The van der Waals surface area contributed by atoms with Crippen LogP contribution in [0.15, 0.2) is 23.2 Å². The van der Waals surface area contributed by atoms with Crippen LogP contribution in [0.4, 0.5) is 8.78 Å². The Morgan fingerprint density at radius 1 is 1.33 bits per heavy atom. The van der Waals surface area contributed by atoms with E-state index in [0.29, 0.717) is 31.5 Å². The minimum atomic E-state index is -2.92. The summed E-state index contributed by atoms with van der Waals surface area (Å²) >= 11 is 0. The second kappa shape index (κ2) is 10.2. The maximum absolute atomic E-state index is 12.6. The maximum Gasteiger partial charge on any atom is 0.387 e. The van der Waals surface area contributed by atoms with E-state index in [9.17, 15) is 8.78 Å². The van der Waals surface area contributed by atoms with E-state index in [1.807, 2.05) is 4.68 Å². The van der Waals surface area contributed by atoms with Crippen molar-refractivity contribution in [2.75, 3.05) is 21.3 Å². The number of aromatic nitrogens is 3. The van der Waals surface area contributed by atoms with Gasteiger partial charge in [-0.3, -0.25) is 4.99 Å². The lowest BCUT2D eigenvalue weighted by Crippen LogP contribution is -2.46. The van der Waals surface area contributed by atoms with E-state index in [2.05, 4.69) is 30.4 Å². The molecule has 1 aliphatic heterocycles. The largest absolute Gasteiger partial charge is 0.493 e. The zero-order chi connectivity index (χ0) is 21.5. The van der Waals surface area contributed by atoms with Crippen molar-refractivity contribution in [3.05, 3.63) is 35.4 Å². The monoisotopic (exact) mass is 424 g/mol. The molecule has 30 heavy (non-hydrogen) atoms. The fourth-order valence-electron chi connectivity index (χ4n) is 3.26. The highest BCUT2D eigenvalue weighted by atomic mass is 19.3. The molecule has 9 nitrogen and oxygen atoms in total. The topological polar surface area (TPSA) is 94.8 Å². The van der Waals surface area contributed by atoms with Gasteiger partial charge in [0.25, 0.3) is 0 Å². The number of aliphatic imine (C=N–C) groups is 1. The summed E-state index contributed by atoms with van der Waals surface area (Å²) in [5, 5.41) is 11.0. The number of benzene rings is 1. The number of guanidine groups is 1. The highest BCUT2D eigenvalue weighted by Crippen LogP contribution is 2.29. The summed E-state index contributed by atoms with van der Waals surface area (Å²) in [7, 11) is 4.70. The summed E-state index contributed by atoms with van der Waals surface area (Å²) in [6.45, 7) is -1.49. The van der Waals surface area contributed by atoms with E-state index in [1.54, 1.807) is 26.3 Å². The van der Waals surface area contributed by atoms with Gasteiger partial charge >= 0.3 is 6.61 Å². The van der Waals surface area contributed by atoms with Crippen molar-refractivity contribution >= 4 is 5.96 Å². The predicted octanol–water partition coefficient (Wildman–Crippen LogP) is 1.71. The van der Waals surface area contributed by atoms with E-state index in [1.165, 1.54) is 13.2 Å². The lowest BCUT2D eigenvalue weighted by molar-refractivity contribution is -0.0512. The van der Waals surface area contributed by atoms with Gasteiger partial charge in [0.2, 0.25) is 0 Å². The molecule has 1 atom stereocenters. The smallest absolute Gasteiger partial charge is 0.387 e. The molecule has 11 heteroatoms. The van der Waals surface area contributed by atoms with Gasteiger partial charge in [-0.1, -0.05) is 6.07 Å². The normalized spacial score (nSPS) is 16.3. The van der Waals surface area contributed by atoms with Crippen molar-refractivity contribution in [1.82, 2.24) is 25.4 Å². The molecule has 1 unspecified atom stereocenters. The van der Waals surface area contributed by atoms with E-state index in [0.717, 1.165) is 24.2 Å². The number of hydrogen-bond acceptors (Lipinski definition) is 6. The summed E-state index contributed by atoms with van der Waals surface area (Å²) < 4.78 is 41.8. The number of hydrogen-bond donors (Lipinski definition) is 2. The van der Waals surface area contributed by atoms with Crippen LogP contribution in [0.2, 0.25) is 0 Å². The molecule has 0 saturated carbocycles. The first-order chi connectivity index (χ1) is 14.5. The first-order valence-electron chi connectivity index (χ1n) is 9.52. The Balaban J connectivity index is 1.57. The number of fused-ring (bicyclic) bond motifs is 1. The summed E-state index contributed by atoms with van der Waals surface area (Å²) in [5.41, 5.74) is 0.751. The van der Waals surface area contributed by atoms with Crippen LogP contribution in [0.25, 0.3) is 0 Å². The summed E-state index contributed by atoms with van der Waals surface area (Å²) in [5.74, 6) is 2.48. The van der Waals surface area contributed by atoms with Crippen LogP contribution >= 0.6 is 0 Å². The zero-order valence-electron chi connectivity index (χ0n) is 17.2. The molecule has 0 aliphatic carbocycles. The molecule has 0 radical (unpaired) electrons. The Bertz CT molecular complexity index is 874. The third-order valence-corrected chi connectivity index (χ3v) is 4.64. The highest BCUT2D eigenvalue weighted by Gasteiger charge is 2.22. The van der Waals surface area contributed by atoms with Gasteiger partial charge in [-0.15, -0.1) is 0 Å². The molecule has 164 valence electrons. The molecule has 1 aliphatic rings. The molecular weight excluding hydrogens is 398 g/mol. The Hall–Kier alpha value is -2.95. The van der Waals surface area contributed by atoms with Crippen LogP contribution in [0.1, 0.15) is 23.6 Å². The third-order valence-electron chi connectivity index (χ3n) is 4.64. The quantitative estimate of drug-likeness (QED) is 0.492. The molecule has 2 aromatic rings. The van der Waals surface area contributed by atoms with Crippen LogP contribution in [0, 0.1) is 0 Å². The SMILES string of the molecule is CN=C(NCc1ccc(OC)c(OC(F)F)c1)NC1CCc2nc(COC)nn2C1. The van der Waals surface area contributed by atoms with Gasteiger partial charge in [0, 0.05) is 33.2 Å². The van der Waals surface area contributed by atoms with Crippen LogP contribution < -0.4 is 20.1 Å². The first kappa shape index (κ1) is 21.8. The number of methoxy groups -OCH3 is 2. The van der Waals surface area contributed by atoms with Crippen LogP contribution in [0.5, 0.6) is 11.5 Å². The molecule has 1 aromatic heterocycles. The van der Waals surface area contributed by atoms with Crippen molar-refractivity contribution < 1.29 is 23.0 Å². The maximum atomic E-state index is 12.6. The van der Waals surface area contributed by atoms with Crippen molar-refractivity contribution in [3.63, 3.8) is 0 Å². The van der Waals surface area contributed by atoms with Crippen molar-refractivity contribution in [1.29, 1.82) is 0 Å². The molecule has 0 fully saturated rings. The second-order valence-electron chi connectivity index (χ2n) is 6.73. The Morgan fingerprint density at radius 3 is 2.87 bits per heavy atom. The van der Waals surface area contributed by atoms with Crippen LogP contribution in [0.3, 0.4) is 0 Å². The van der Waals surface area contributed by atoms with Crippen LogP contribution in [-0.2, 0) is 30.9 Å². The summed E-state index contributed by atoms with van der Waals surface area (Å²) in [6.07, 6.45) is 1.69. The van der Waals surface area contributed by atoms with Crippen molar-refractivity contribution in [2.24, 2.45) is 4.99 Å². The zero-order valence-corrected chi connectivity index (χ0v) is 17.2. The lowest BCUT2D eigenvalue weighted by atomic mass is 10.1. The number of nitrogens with zero attached hydrogens (tertiary/aromatic N) is 4. The Morgan fingerprint density at radius 2 is 2.17 bits per heavy atom. The van der Waals surface area contributed by atoms with E-state index >= 15 is 0 Å². The second-order valence-corrected chi connectivity index (χ2v) is 6.73. The number of ether oxygens (including phenoxy) is 3. The standard InChI is InChI=1S/C19H26F2N6O3/c1-22-19(23-9-12-4-6-14(29-3)15(8-12)30-18(20)21)24-13-5-7-17-25-16(11-28-2)26-27(17)10-13/h4,6,8,13,18H,5,7,9-11H2,1-3H3,(H2,22,23,24). The summed E-state index contributed by atoms with van der Waals surface area (Å²) in [4.78, 5) is 8.72. The molecule has 0 saturated heterocycles. The number of aryl methyl sites for hydroxylation is 1. The number of halogens is 2. The van der Waals surface area contributed by atoms with E-state index in [-0.39, 0.29) is 17.5 Å². The Kier molecular flexibility index (Phi) is 7.39. The fraction of sp³-hybridized carbons (Fsp3) is 0.526. The first-order valence-corrected chi connectivity index (χ1v) is 9.52. The van der Waals surface area contributed by atoms with E-state index in [4.69, 9.17) is 9.47 Å². The van der Waals surface area contributed by atoms with Gasteiger partial charge in [-0.2, -0.15) is 13.9 Å². The number of alkyl halides is 2. The molecular formula is C19H26F2N6O3. The van der Waals surface area contributed by atoms with Gasteiger partial charge in [0.15, 0.2) is 23.3 Å². The van der Waals surface area contributed by atoms with Gasteiger partial charge < -0.3 is 24.8 Å². The van der Waals surface area contributed by atoms with Gasteiger partial charge in [-0.05, 0) is 24.1 Å². The molecule has 3 rings (SSSR count).